The second-order valence-electron chi connectivity index (χ2n) is 4.31. The first-order chi connectivity index (χ1) is 8.13. The Morgan fingerprint density at radius 3 is 2.53 bits per heavy atom. The van der Waals surface area contributed by atoms with E-state index >= 15 is 0 Å². The van der Waals surface area contributed by atoms with Gasteiger partial charge in [0, 0.05) is 12.6 Å². The second-order valence-corrected chi connectivity index (χ2v) is 4.31. The maximum absolute atomic E-state index is 10.7. The average molecular weight is 235 g/mol. The molecule has 0 aliphatic rings. The number of nitrogens with zero attached hydrogens (tertiary/aromatic N) is 1. The minimum atomic E-state index is -0.726. The molecule has 0 aliphatic carbocycles. The Morgan fingerprint density at radius 1 is 1.35 bits per heavy atom. The van der Waals surface area contributed by atoms with Crippen LogP contribution in [-0.4, -0.2) is 35.1 Å². The molecule has 1 unspecified atom stereocenters. The molecule has 0 aliphatic heterocycles. The van der Waals surface area contributed by atoms with Crippen LogP contribution < -0.4 is 0 Å². The summed E-state index contributed by atoms with van der Waals surface area (Å²) in [6.07, 6.45) is 1.18. The van der Waals surface area contributed by atoms with Crippen LogP contribution in [0.2, 0.25) is 0 Å². The maximum Gasteiger partial charge on any atom is 0.304 e. The molecule has 1 aromatic carbocycles. The Bertz CT molecular complexity index is 337. The van der Waals surface area contributed by atoms with Crippen molar-refractivity contribution < 1.29 is 9.90 Å². The van der Waals surface area contributed by atoms with Gasteiger partial charge in [-0.3, -0.25) is 4.79 Å². The van der Waals surface area contributed by atoms with Gasteiger partial charge in [0.2, 0.25) is 0 Å². The lowest BCUT2D eigenvalue weighted by Crippen LogP contribution is -2.36. The van der Waals surface area contributed by atoms with Gasteiger partial charge in [-0.15, -0.1) is 0 Å². The summed E-state index contributed by atoms with van der Waals surface area (Å²) in [4.78, 5) is 12.9. The highest BCUT2D eigenvalue weighted by molar-refractivity contribution is 5.67. The third-order valence-corrected chi connectivity index (χ3v) is 3.03. The van der Waals surface area contributed by atoms with Crippen LogP contribution in [0.25, 0.3) is 0 Å². The van der Waals surface area contributed by atoms with Crippen molar-refractivity contribution in [3.05, 3.63) is 35.9 Å². The molecule has 17 heavy (non-hydrogen) atoms. The van der Waals surface area contributed by atoms with Crippen molar-refractivity contribution in [3.63, 3.8) is 0 Å². The number of carboxylic acids is 1. The molecule has 3 nitrogen and oxygen atoms in total. The molecule has 1 atom stereocenters. The van der Waals surface area contributed by atoms with E-state index in [2.05, 4.69) is 24.0 Å². The fraction of sp³-hybridized carbons (Fsp3) is 0.500. The van der Waals surface area contributed by atoms with Crippen molar-refractivity contribution in [1.29, 1.82) is 0 Å². The summed E-state index contributed by atoms with van der Waals surface area (Å²) in [6.45, 7) is 5.85. The van der Waals surface area contributed by atoms with E-state index in [4.69, 9.17) is 5.11 Å². The summed E-state index contributed by atoms with van der Waals surface area (Å²) >= 11 is 0. The van der Waals surface area contributed by atoms with E-state index in [1.807, 2.05) is 25.1 Å². The molecular formula is C14H21NO2. The first kappa shape index (κ1) is 13.7. The lowest BCUT2D eigenvalue weighted by atomic mass is 10.1. The van der Waals surface area contributed by atoms with Gasteiger partial charge < -0.3 is 10.0 Å². The molecule has 0 radical (unpaired) electrons. The van der Waals surface area contributed by atoms with Gasteiger partial charge >= 0.3 is 5.97 Å². The van der Waals surface area contributed by atoms with E-state index in [-0.39, 0.29) is 12.5 Å². The summed E-state index contributed by atoms with van der Waals surface area (Å²) in [6, 6.07) is 10.4. The molecular weight excluding hydrogens is 214 g/mol. The molecule has 1 aromatic rings. The van der Waals surface area contributed by atoms with Gasteiger partial charge in [-0.2, -0.15) is 0 Å². The molecule has 1 rings (SSSR count). The predicted octanol–water partition coefficient (Wildman–Crippen LogP) is 2.41. The summed E-state index contributed by atoms with van der Waals surface area (Å²) in [5.41, 5.74) is 1.30. The van der Waals surface area contributed by atoms with Crippen molar-refractivity contribution in [3.8, 4) is 0 Å². The van der Waals surface area contributed by atoms with Crippen molar-refractivity contribution in [2.24, 2.45) is 0 Å². The molecule has 0 fully saturated rings. The number of hydrogen-bond acceptors (Lipinski definition) is 2. The van der Waals surface area contributed by atoms with Gasteiger partial charge in [0.15, 0.2) is 0 Å². The molecule has 0 heterocycles. The van der Waals surface area contributed by atoms with Gasteiger partial charge in [0.25, 0.3) is 0 Å². The SMILES string of the molecule is CCN(CCc1ccccc1)C(C)CC(=O)O. The molecule has 0 saturated carbocycles. The number of benzene rings is 1. The van der Waals surface area contributed by atoms with Gasteiger partial charge in [0.05, 0.1) is 6.42 Å². The zero-order chi connectivity index (χ0) is 12.7. The first-order valence-electron chi connectivity index (χ1n) is 6.13. The van der Waals surface area contributed by atoms with E-state index in [1.54, 1.807) is 0 Å². The topological polar surface area (TPSA) is 40.5 Å². The normalized spacial score (nSPS) is 12.6. The Morgan fingerprint density at radius 2 is 2.00 bits per heavy atom. The van der Waals surface area contributed by atoms with Crippen molar-refractivity contribution in [2.75, 3.05) is 13.1 Å². The summed E-state index contributed by atoms with van der Waals surface area (Å²) in [5, 5.41) is 8.79. The highest BCUT2D eigenvalue weighted by atomic mass is 16.4. The van der Waals surface area contributed by atoms with Crippen LogP contribution in [0.1, 0.15) is 25.8 Å². The Hall–Kier alpha value is -1.35. The number of hydrogen-bond donors (Lipinski definition) is 1. The van der Waals surface area contributed by atoms with Crippen LogP contribution in [0, 0.1) is 0 Å². The number of carbonyl (C=O) groups is 1. The van der Waals surface area contributed by atoms with Gasteiger partial charge in [0.1, 0.15) is 0 Å². The highest BCUT2D eigenvalue weighted by Crippen LogP contribution is 2.07. The van der Waals surface area contributed by atoms with Gasteiger partial charge in [-0.25, -0.2) is 0 Å². The molecule has 0 amide bonds. The quantitative estimate of drug-likeness (QED) is 0.789. The molecule has 0 aromatic heterocycles. The van der Waals surface area contributed by atoms with Crippen LogP contribution >= 0.6 is 0 Å². The molecule has 1 N–H and O–H groups in total. The fourth-order valence-electron chi connectivity index (χ4n) is 1.99. The second kappa shape index (κ2) is 7.07. The third-order valence-electron chi connectivity index (χ3n) is 3.03. The molecule has 94 valence electrons. The minimum absolute atomic E-state index is 0.0983. The molecule has 0 saturated heterocycles. The summed E-state index contributed by atoms with van der Waals surface area (Å²) in [7, 11) is 0. The number of aliphatic carboxylic acids is 1. The lowest BCUT2D eigenvalue weighted by Gasteiger charge is -2.26. The maximum atomic E-state index is 10.7. The van der Waals surface area contributed by atoms with E-state index in [1.165, 1.54) is 5.56 Å². The fourth-order valence-corrected chi connectivity index (χ4v) is 1.99. The van der Waals surface area contributed by atoms with Crippen molar-refractivity contribution in [1.82, 2.24) is 4.90 Å². The van der Waals surface area contributed by atoms with Crippen LogP contribution in [-0.2, 0) is 11.2 Å². The van der Waals surface area contributed by atoms with E-state index < -0.39 is 5.97 Å². The average Bonchev–Trinajstić information content (AvgIpc) is 2.30. The Balaban J connectivity index is 2.44. The van der Waals surface area contributed by atoms with Crippen molar-refractivity contribution >= 4 is 5.97 Å². The molecule has 0 spiro atoms. The number of likely N-dealkylation sites (N-methyl/N-ethyl adjacent to an activating group) is 1. The zero-order valence-electron chi connectivity index (χ0n) is 10.6. The predicted molar refractivity (Wildman–Crippen MR) is 69.1 cm³/mol. The monoisotopic (exact) mass is 235 g/mol. The number of rotatable bonds is 7. The number of carboxylic acid groups (broad SMARTS) is 1. The van der Waals surface area contributed by atoms with E-state index in [9.17, 15) is 4.79 Å². The van der Waals surface area contributed by atoms with E-state index in [0.29, 0.717) is 0 Å². The Labute approximate surface area is 103 Å². The molecule has 3 heteroatoms. The minimum Gasteiger partial charge on any atom is -0.481 e. The van der Waals surface area contributed by atoms with E-state index in [0.717, 1.165) is 19.5 Å². The van der Waals surface area contributed by atoms with Crippen LogP contribution in [0.4, 0.5) is 0 Å². The van der Waals surface area contributed by atoms with Crippen LogP contribution in [0.5, 0.6) is 0 Å². The smallest absolute Gasteiger partial charge is 0.304 e. The van der Waals surface area contributed by atoms with Gasteiger partial charge in [-0.05, 0) is 25.5 Å². The zero-order valence-corrected chi connectivity index (χ0v) is 10.6. The standard InChI is InChI=1S/C14H21NO2/c1-3-15(12(2)11-14(16)17)10-9-13-7-5-4-6-8-13/h4-8,12H,3,9-11H2,1-2H3,(H,16,17). The molecule has 0 bridgehead atoms. The Kier molecular flexibility index (Phi) is 5.70. The van der Waals surface area contributed by atoms with Gasteiger partial charge in [-0.1, -0.05) is 37.3 Å². The first-order valence-corrected chi connectivity index (χ1v) is 6.13. The van der Waals surface area contributed by atoms with Crippen LogP contribution in [0.15, 0.2) is 30.3 Å². The highest BCUT2D eigenvalue weighted by Gasteiger charge is 2.14. The largest absolute Gasteiger partial charge is 0.481 e. The van der Waals surface area contributed by atoms with Crippen LogP contribution in [0.3, 0.4) is 0 Å². The summed E-state index contributed by atoms with van der Waals surface area (Å²) in [5.74, 6) is -0.726. The third kappa shape index (κ3) is 5.00. The summed E-state index contributed by atoms with van der Waals surface area (Å²) < 4.78 is 0. The van der Waals surface area contributed by atoms with Crippen molar-refractivity contribution in [2.45, 2.75) is 32.7 Å². The lowest BCUT2D eigenvalue weighted by molar-refractivity contribution is -0.138.